The number of carbonyl (C=O) groups excluding carboxylic acids is 7. The first-order valence-corrected chi connectivity index (χ1v) is 15.0. The largest absolute Gasteiger partial charge is 0.507 e. The Hall–Kier alpha value is -5.83. The van der Waals surface area contributed by atoms with Crippen molar-refractivity contribution in [2.24, 2.45) is 0 Å². The fourth-order valence-corrected chi connectivity index (χ4v) is 5.03. The molecule has 4 aromatic rings. The molecule has 0 saturated heterocycles. The summed E-state index contributed by atoms with van der Waals surface area (Å²) in [5.74, 6) is -3.12. The second kappa shape index (κ2) is 15.0. The highest BCUT2D eigenvalue weighted by molar-refractivity contribution is 6.30. The molecule has 0 aromatic heterocycles. The van der Waals surface area contributed by atoms with Gasteiger partial charge in [-0.25, -0.2) is 0 Å². The van der Waals surface area contributed by atoms with Gasteiger partial charge in [-0.2, -0.15) is 0 Å². The molecule has 0 fully saturated rings. The molecule has 4 aromatic carbocycles. The third-order valence-electron chi connectivity index (χ3n) is 7.06. The predicted octanol–water partition coefficient (Wildman–Crippen LogP) is 7.01. The van der Waals surface area contributed by atoms with Crippen LogP contribution in [0.25, 0.3) is 0 Å². The highest BCUT2D eigenvalue weighted by Crippen LogP contribution is 2.35. The van der Waals surface area contributed by atoms with Crippen molar-refractivity contribution >= 4 is 40.7 Å². The number of hydrogen-bond donors (Lipinski definition) is 1. The summed E-state index contributed by atoms with van der Waals surface area (Å²) in [5, 5.41) is 9.97. The summed E-state index contributed by atoms with van der Waals surface area (Å²) in [6, 6.07) is 18.2. The van der Waals surface area contributed by atoms with E-state index in [2.05, 4.69) is 0 Å². The number of ketones is 6. The first-order valence-electron chi connectivity index (χ1n) is 15.0. The molecule has 0 heterocycles. The zero-order valence-electron chi connectivity index (χ0n) is 27.1. The van der Waals surface area contributed by atoms with Crippen LogP contribution in [-0.4, -0.2) is 45.8 Å². The molecule has 1 N–H and O–H groups in total. The van der Waals surface area contributed by atoms with Crippen LogP contribution in [0.3, 0.4) is 0 Å². The van der Waals surface area contributed by atoms with E-state index in [4.69, 9.17) is 4.74 Å². The van der Waals surface area contributed by atoms with Crippen molar-refractivity contribution < 1.29 is 43.4 Å². The van der Waals surface area contributed by atoms with Crippen molar-refractivity contribution in [3.8, 4) is 11.5 Å². The van der Waals surface area contributed by atoms with Gasteiger partial charge in [0.1, 0.15) is 11.5 Å². The number of ether oxygens (including phenoxy) is 1. The van der Waals surface area contributed by atoms with Crippen LogP contribution in [-0.2, 0) is 4.79 Å². The van der Waals surface area contributed by atoms with Crippen LogP contribution in [0.15, 0.2) is 72.8 Å². The van der Waals surface area contributed by atoms with Crippen molar-refractivity contribution in [2.75, 3.05) is 0 Å². The summed E-state index contributed by atoms with van der Waals surface area (Å²) in [7, 11) is 0. The molecular weight excluding hydrogens is 600 g/mol. The standard InChI is InChI=1S/C18H12O5.C16H10O4.2C2H6/c1-9(19)11-7-14-16(15(8-11)23-10(2)20)18(22)13-6-4-3-5-12(13)17(14)21;1-8(17)9-6-12-14(13(18)7-9)16(20)11-5-3-2-4-10(11)15(12)19;2*1-2/h3-8H,1-2H3;2-7,18H,1H3;2*1-2H3. The smallest absolute Gasteiger partial charge is 0.308 e. The SMILES string of the molecule is CC.CC.CC(=O)Oc1cc(C(C)=O)cc2c1C(=O)c1ccccc1C2=O.CC(=O)c1cc(O)c2c(c1)C(=O)c1ccccc1C2=O. The summed E-state index contributed by atoms with van der Waals surface area (Å²) in [6.45, 7) is 11.9. The molecule has 6 rings (SSSR count). The lowest BCUT2D eigenvalue weighted by Crippen LogP contribution is -2.23. The molecule has 0 radical (unpaired) electrons. The fraction of sp³-hybridized carbons (Fsp3) is 0.184. The minimum absolute atomic E-state index is 0.0221. The van der Waals surface area contributed by atoms with Crippen LogP contribution >= 0.6 is 0 Å². The molecule has 0 aliphatic heterocycles. The van der Waals surface area contributed by atoms with Crippen molar-refractivity contribution in [3.05, 3.63) is 128 Å². The average molecular weight is 635 g/mol. The van der Waals surface area contributed by atoms with E-state index in [1.165, 1.54) is 45.0 Å². The van der Waals surface area contributed by atoms with Crippen LogP contribution in [0, 0.1) is 0 Å². The van der Waals surface area contributed by atoms with Crippen molar-refractivity contribution in [1.29, 1.82) is 0 Å². The number of benzene rings is 4. The third kappa shape index (κ3) is 6.89. The number of rotatable bonds is 3. The summed E-state index contributed by atoms with van der Waals surface area (Å²) < 4.78 is 5.07. The van der Waals surface area contributed by atoms with Crippen LogP contribution in [0.2, 0.25) is 0 Å². The van der Waals surface area contributed by atoms with Gasteiger partial charge in [0.15, 0.2) is 34.7 Å². The quantitative estimate of drug-likeness (QED) is 0.123. The maximum absolute atomic E-state index is 12.7. The van der Waals surface area contributed by atoms with Gasteiger partial charge in [0.2, 0.25) is 0 Å². The molecule has 9 heteroatoms. The van der Waals surface area contributed by atoms with E-state index in [-0.39, 0.29) is 84.7 Å². The van der Waals surface area contributed by atoms with E-state index in [0.717, 1.165) is 0 Å². The number of Topliss-reactive ketones (excluding diaryl/α,β-unsaturated/α-hetero) is 2. The lowest BCUT2D eigenvalue weighted by molar-refractivity contribution is -0.131. The Balaban J connectivity index is 0.000000233. The highest BCUT2D eigenvalue weighted by Gasteiger charge is 2.34. The highest BCUT2D eigenvalue weighted by atomic mass is 16.5. The van der Waals surface area contributed by atoms with E-state index in [9.17, 15) is 38.7 Å². The zero-order chi connectivity index (χ0) is 35.2. The molecule has 0 saturated carbocycles. The molecule has 240 valence electrons. The lowest BCUT2D eigenvalue weighted by Gasteiger charge is -2.20. The predicted molar refractivity (Wildman–Crippen MR) is 175 cm³/mol. The van der Waals surface area contributed by atoms with Gasteiger partial charge in [-0.3, -0.25) is 33.6 Å². The van der Waals surface area contributed by atoms with Crippen LogP contribution < -0.4 is 4.74 Å². The van der Waals surface area contributed by atoms with Gasteiger partial charge in [0.25, 0.3) is 0 Å². The van der Waals surface area contributed by atoms with Crippen LogP contribution in [0.4, 0.5) is 0 Å². The third-order valence-corrected chi connectivity index (χ3v) is 7.06. The van der Waals surface area contributed by atoms with Crippen molar-refractivity contribution in [1.82, 2.24) is 0 Å². The molecule has 47 heavy (non-hydrogen) atoms. The minimum atomic E-state index is -0.632. The fourth-order valence-electron chi connectivity index (χ4n) is 5.03. The Kier molecular flexibility index (Phi) is 11.4. The Labute approximate surface area is 272 Å². The number of hydrogen-bond acceptors (Lipinski definition) is 9. The molecule has 0 spiro atoms. The number of aromatic hydroxyl groups is 1. The monoisotopic (exact) mass is 634 g/mol. The molecular formula is C38H34O9. The number of carbonyl (C=O) groups is 7. The average Bonchev–Trinajstić information content (AvgIpc) is 3.07. The second-order valence-electron chi connectivity index (χ2n) is 9.93. The minimum Gasteiger partial charge on any atom is -0.507 e. The summed E-state index contributed by atoms with van der Waals surface area (Å²) in [6.07, 6.45) is 0. The van der Waals surface area contributed by atoms with Crippen LogP contribution in [0.5, 0.6) is 11.5 Å². The molecule has 0 amide bonds. The number of fused-ring (bicyclic) bond motifs is 4. The van der Waals surface area contributed by atoms with Gasteiger partial charge in [-0.05, 0) is 38.1 Å². The van der Waals surface area contributed by atoms with E-state index in [0.29, 0.717) is 5.56 Å². The number of phenols is 1. The van der Waals surface area contributed by atoms with Crippen molar-refractivity contribution in [2.45, 2.75) is 48.5 Å². The first kappa shape index (κ1) is 35.6. The zero-order valence-corrected chi connectivity index (χ0v) is 27.1. The summed E-state index contributed by atoms with van der Waals surface area (Å²) >= 11 is 0. The van der Waals surface area contributed by atoms with Gasteiger partial charge in [-0.1, -0.05) is 76.2 Å². The van der Waals surface area contributed by atoms with Crippen LogP contribution in [0.1, 0.15) is 133 Å². The maximum atomic E-state index is 12.7. The molecule has 0 atom stereocenters. The first-order chi connectivity index (χ1) is 22.4. The number of phenolic OH excluding ortho intramolecular Hbond substituents is 1. The molecule has 0 bridgehead atoms. The Morgan fingerprint density at radius 3 is 1.28 bits per heavy atom. The molecule has 2 aliphatic rings. The summed E-state index contributed by atoms with van der Waals surface area (Å²) in [5.41, 5.74) is 1.68. The maximum Gasteiger partial charge on any atom is 0.308 e. The Morgan fingerprint density at radius 2 is 0.872 bits per heavy atom. The lowest BCUT2D eigenvalue weighted by atomic mass is 9.82. The van der Waals surface area contributed by atoms with Crippen molar-refractivity contribution in [3.63, 3.8) is 0 Å². The van der Waals surface area contributed by atoms with E-state index < -0.39 is 17.5 Å². The topological polar surface area (TPSA) is 149 Å². The second-order valence-corrected chi connectivity index (χ2v) is 9.93. The summed E-state index contributed by atoms with van der Waals surface area (Å²) in [4.78, 5) is 84.5. The molecule has 0 unspecified atom stereocenters. The van der Waals surface area contributed by atoms with Gasteiger partial charge in [-0.15, -0.1) is 0 Å². The van der Waals surface area contributed by atoms with E-state index >= 15 is 0 Å². The van der Waals surface area contributed by atoms with Gasteiger partial charge < -0.3 is 9.84 Å². The van der Waals surface area contributed by atoms with Gasteiger partial charge in [0.05, 0.1) is 11.1 Å². The van der Waals surface area contributed by atoms with E-state index in [1.54, 1.807) is 48.5 Å². The Bertz CT molecular complexity index is 1960. The van der Waals surface area contributed by atoms with Gasteiger partial charge >= 0.3 is 5.97 Å². The Morgan fingerprint density at radius 1 is 0.511 bits per heavy atom. The molecule has 2 aliphatic carbocycles. The van der Waals surface area contributed by atoms with E-state index in [1.807, 2.05) is 27.7 Å². The normalized spacial score (nSPS) is 11.8. The number of esters is 1. The van der Waals surface area contributed by atoms with Gasteiger partial charge in [0, 0.05) is 51.4 Å². The molecule has 9 nitrogen and oxygen atoms in total.